The van der Waals surface area contributed by atoms with Gasteiger partial charge in [0.1, 0.15) is 0 Å². The molecule has 96 valence electrons. The van der Waals surface area contributed by atoms with Crippen LogP contribution in [0.5, 0.6) is 0 Å². The molecule has 1 N–H and O–H groups in total. The third kappa shape index (κ3) is 2.87. The van der Waals surface area contributed by atoms with Crippen LogP contribution in [0.15, 0.2) is 66.9 Å². The van der Waals surface area contributed by atoms with Crippen molar-refractivity contribution in [1.82, 2.24) is 5.32 Å². The third-order valence-electron chi connectivity index (χ3n) is 3.67. The molecule has 0 aliphatic carbocycles. The Morgan fingerprint density at radius 1 is 0.895 bits per heavy atom. The Balaban J connectivity index is 1.89. The van der Waals surface area contributed by atoms with Gasteiger partial charge in [0.05, 0.1) is 6.04 Å². The van der Waals surface area contributed by atoms with Crippen molar-refractivity contribution in [3.63, 3.8) is 0 Å². The molecule has 0 spiro atoms. The van der Waals surface area contributed by atoms with Gasteiger partial charge in [-0.3, -0.25) is 0 Å². The summed E-state index contributed by atoms with van der Waals surface area (Å²) in [5.74, 6) is 0. The van der Waals surface area contributed by atoms with Crippen LogP contribution in [0, 0.1) is 0 Å². The molecule has 0 amide bonds. The number of rotatable bonds is 2. The lowest BCUT2D eigenvalue weighted by atomic mass is 9.97. The van der Waals surface area contributed by atoms with Crippen molar-refractivity contribution in [2.45, 2.75) is 25.3 Å². The minimum Gasteiger partial charge on any atom is -0.384 e. The van der Waals surface area contributed by atoms with Gasteiger partial charge in [0.15, 0.2) is 0 Å². The van der Waals surface area contributed by atoms with E-state index in [2.05, 4.69) is 72.2 Å². The second-order valence-electron chi connectivity index (χ2n) is 5.04. The van der Waals surface area contributed by atoms with Crippen molar-refractivity contribution in [2.24, 2.45) is 0 Å². The normalized spacial score (nSPS) is 18.6. The zero-order valence-electron chi connectivity index (χ0n) is 11.0. The Kier molecular flexibility index (Phi) is 3.64. The van der Waals surface area contributed by atoms with Crippen LogP contribution in [0.3, 0.4) is 0 Å². The van der Waals surface area contributed by atoms with Gasteiger partial charge in [0.2, 0.25) is 0 Å². The van der Waals surface area contributed by atoms with Gasteiger partial charge in [-0.05, 0) is 48.2 Å². The molecule has 1 nitrogen and oxygen atoms in total. The number of nitrogens with one attached hydrogen (secondary N) is 1. The van der Waals surface area contributed by atoms with Crippen LogP contribution in [0.25, 0.3) is 11.1 Å². The lowest BCUT2D eigenvalue weighted by Gasteiger charge is -2.17. The molecule has 0 saturated heterocycles. The molecule has 2 aromatic rings. The van der Waals surface area contributed by atoms with Gasteiger partial charge in [0, 0.05) is 0 Å². The lowest BCUT2D eigenvalue weighted by molar-refractivity contribution is 0.566. The summed E-state index contributed by atoms with van der Waals surface area (Å²) >= 11 is 0. The number of benzene rings is 2. The van der Waals surface area contributed by atoms with E-state index in [-0.39, 0.29) is 0 Å². The van der Waals surface area contributed by atoms with Crippen molar-refractivity contribution >= 4 is 0 Å². The summed E-state index contributed by atoms with van der Waals surface area (Å²) in [7, 11) is 0. The molecule has 1 aliphatic rings. The Labute approximate surface area is 115 Å². The zero-order valence-corrected chi connectivity index (χ0v) is 11.0. The molecule has 3 rings (SSSR count). The average molecular weight is 249 g/mol. The summed E-state index contributed by atoms with van der Waals surface area (Å²) in [6, 6.07) is 19.9. The Bertz CT molecular complexity index is 557. The number of allylic oxidation sites excluding steroid dienone is 1. The molecule has 1 heterocycles. The minimum atomic E-state index is 0.447. The van der Waals surface area contributed by atoms with Gasteiger partial charge < -0.3 is 5.32 Å². The van der Waals surface area contributed by atoms with E-state index in [1.165, 1.54) is 36.0 Å². The number of hydrogen-bond acceptors (Lipinski definition) is 1. The van der Waals surface area contributed by atoms with E-state index < -0.39 is 0 Å². The first-order valence-electron chi connectivity index (χ1n) is 7.00. The zero-order chi connectivity index (χ0) is 12.9. The average Bonchev–Trinajstić information content (AvgIpc) is 2.77. The highest BCUT2D eigenvalue weighted by atomic mass is 14.9. The van der Waals surface area contributed by atoms with E-state index in [9.17, 15) is 0 Å². The standard InChI is InChI=1S/C18H19N/c1-3-8-15(9-4-1)16-10-7-11-17(14-16)18-12-5-2-6-13-19-18/h1,3-4,6-11,13-14,18-19H,2,5,12H2. The van der Waals surface area contributed by atoms with E-state index >= 15 is 0 Å². The van der Waals surface area contributed by atoms with Crippen LogP contribution in [0.2, 0.25) is 0 Å². The molecule has 0 bridgehead atoms. The van der Waals surface area contributed by atoms with E-state index in [0.29, 0.717) is 6.04 Å². The monoisotopic (exact) mass is 249 g/mol. The SMILES string of the molecule is C1=CNC(c2cccc(-c3ccccc3)c2)CCC1. The maximum atomic E-state index is 3.50. The smallest absolute Gasteiger partial charge is 0.0508 e. The molecule has 0 aromatic heterocycles. The van der Waals surface area contributed by atoms with E-state index in [1.54, 1.807) is 0 Å². The first kappa shape index (κ1) is 12.0. The summed E-state index contributed by atoms with van der Waals surface area (Å²) in [4.78, 5) is 0. The van der Waals surface area contributed by atoms with Gasteiger partial charge in [0.25, 0.3) is 0 Å². The lowest BCUT2D eigenvalue weighted by Crippen LogP contribution is -2.13. The van der Waals surface area contributed by atoms with Gasteiger partial charge in [-0.15, -0.1) is 0 Å². The fourth-order valence-corrected chi connectivity index (χ4v) is 2.62. The van der Waals surface area contributed by atoms with Crippen LogP contribution in [-0.4, -0.2) is 0 Å². The Morgan fingerprint density at radius 3 is 2.63 bits per heavy atom. The summed E-state index contributed by atoms with van der Waals surface area (Å²) in [6.07, 6.45) is 7.96. The molecule has 1 atom stereocenters. The molecule has 2 aromatic carbocycles. The molecule has 0 fully saturated rings. The topological polar surface area (TPSA) is 12.0 Å². The molecule has 1 unspecified atom stereocenters. The van der Waals surface area contributed by atoms with E-state index in [1.807, 2.05) is 0 Å². The second-order valence-corrected chi connectivity index (χ2v) is 5.04. The Morgan fingerprint density at radius 2 is 1.74 bits per heavy atom. The van der Waals surface area contributed by atoms with E-state index in [4.69, 9.17) is 0 Å². The summed E-state index contributed by atoms with van der Waals surface area (Å²) in [5, 5.41) is 3.50. The fourth-order valence-electron chi connectivity index (χ4n) is 2.62. The maximum absolute atomic E-state index is 3.50. The van der Waals surface area contributed by atoms with Gasteiger partial charge in [-0.25, -0.2) is 0 Å². The summed E-state index contributed by atoms with van der Waals surface area (Å²) in [6.45, 7) is 0. The molecular weight excluding hydrogens is 230 g/mol. The largest absolute Gasteiger partial charge is 0.384 e. The fraction of sp³-hybridized carbons (Fsp3) is 0.222. The molecule has 1 aliphatic heterocycles. The molecule has 0 radical (unpaired) electrons. The predicted molar refractivity (Wildman–Crippen MR) is 80.7 cm³/mol. The highest BCUT2D eigenvalue weighted by molar-refractivity contribution is 5.64. The number of hydrogen-bond donors (Lipinski definition) is 1. The van der Waals surface area contributed by atoms with Crippen molar-refractivity contribution in [2.75, 3.05) is 0 Å². The maximum Gasteiger partial charge on any atom is 0.0508 e. The van der Waals surface area contributed by atoms with Crippen molar-refractivity contribution in [1.29, 1.82) is 0 Å². The summed E-state index contributed by atoms with van der Waals surface area (Å²) < 4.78 is 0. The molecule has 0 saturated carbocycles. The van der Waals surface area contributed by atoms with Crippen molar-refractivity contribution in [3.05, 3.63) is 72.4 Å². The van der Waals surface area contributed by atoms with Crippen LogP contribution in [0.4, 0.5) is 0 Å². The minimum absolute atomic E-state index is 0.447. The Hall–Kier alpha value is -2.02. The highest BCUT2D eigenvalue weighted by Gasteiger charge is 2.11. The summed E-state index contributed by atoms with van der Waals surface area (Å²) in [5.41, 5.74) is 3.97. The van der Waals surface area contributed by atoms with Crippen LogP contribution in [0.1, 0.15) is 30.9 Å². The van der Waals surface area contributed by atoms with Crippen LogP contribution >= 0.6 is 0 Å². The first-order valence-corrected chi connectivity index (χ1v) is 7.00. The van der Waals surface area contributed by atoms with Gasteiger partial charge in [-0.2, -0.15) is 0 Å². The second kappa shape index (κ2) is 5.75. The van der Waals surface area contributed by atoms with Crippen LogP contribution < -0.4 is 5.32 Å². The van der Waals surface area contributed by atoms with Crippen LogP contribution in [-0.2, 0) is 0 Å². The molecule has 1 heteroatoms. The van der Waals surface area contributed by atoms with Crippen molar-refractivity contribution < 1.29 is 0 Å². The highest BCUT2D eigenvalue weighted by Crippen LogP contribution is 2.26. The molecular formula is C18H19N. The van der Waals surface area contributed by atoms with Crippen molar-refractivity contribution in [3.8, 4) is 11.1 Å². The third-order valence-corrected chi connectivity index (χ3v) is 3.67. The predicted octanol–water partition coefficient (Wildman–Crippen LogP) is 4.68. The van der Waals surface area contributed by atoms with Gasteiger partial charge >= 0.3 is 0 Å². The molecule has 19 heavy (non-hydrogen) atoms. The van der Waals surface area contributed by atoms with E-state index in [0.717, 1.165) is 0 Å². The quantitative estimate of drug-likeness (QED) is 0.814. The van der Waals surface area contributed by atoms with Gasteiger partial charge in [-0.1, -0.05) is 54.6 Å². The first-order chi connectivity index (χ1) is 9.43.